The zero-order chi connectivity index (χ0) is 32.1. The number of nitrogens with zero attached hydrogens (tertiary/aromatic N) is 5. The Labute approximate surface area is 262 Å². The smallest absolute Gasteiger partial charge is 0.247 e. The molecule has 1 atom stereocenters. The van der Waals surface area contributed by atoms with Gasteiger partial charge in [-0.15, -0.1) is 0 Å². The number of carbonyl (C=O) groups is 1. The molecule has 0 aliphatic carbocycles. The first-order valence-electron chi connectivity index (χ1n) is 15.7. The highest BCUT2D eigenvalue weighted by Gasteiger charge is 2.38. The normalized spacial score (nSPS) is 18.3. The summed E-state index contributed by atoms with van der Waals surface area (Å²) in [5.41, 5.74) is 7.01. The summed E-state index contributed by atoms with van der Waals surface area (Å²) in [5, 5.41) is 0. The van der Waals surface area contributed by atoms with E-state index in [9.17, 15) is 9.18 Å². The van der Waals surface area contributed by atoms with Gasteiger partial charge in [0.25, 0.3) is 0 Å². The SMILES string of the molecule is CCOC(CN(Cc1ncc(F)cc1N1CC(N2CCN(C)CC2)C1)C(=O)[C@@](C)(N)c1ccc(OC(C)(C)C)cc1)OCC. The first-order valence-corrected chi connectivity index (χ1v) is 15.7. The average molecular weight is 615 g/mol. The van der Waals surface area contributed by atoms with Crippen LogP contribution >= 0.6 is 0 Å². The van der Waals surface area contributed by atoms with Gasteiger partial charge < -0.3 is 34.6 Å². The molecule has 10 nitrogen and oxygen atoms in total. The molecule has 3 heterocycles. The summed E-state index contributed by atoms with van der Waals surface area (Å²) < 4.78 is 32.2. The molecule has 2 aliphatic heterocycles. The number of aromatic nitrogens is 1. The summed E-state index contributed by atoms with van der Waals surface area (Å²) in [7, 11) is 2.15. The molecular formula is C33H51FN6O4. The first kappa shape index (κ1) is 34.1. The fraction of sp³-hybridized carbons (Fsp3) is 0.636. The van der Waals surface area contributed by atoms with Crippen molar-refractivity contribution < 1.29 is 23.4 Å². The lowest BCUT2D eigenvalue weighted by Gasteiger charge is -2.49. The van der Waals surface area contributed by atoms with Crippen LogP contribution < -0.4 is 15.4 Å². The highest BCUT2D eigenvalue weighted by atomic mass is 19.1. The van der Waals surface area contributed by atoms with Crippen LogP contribution in [0.3, 0.4) is 0 Å². The molecule has 2 aliphatic rings. The summed E-state index contributed by atoms with van der Waals surface area (Å²) in [6.45, 7) is 18.2. The molecule has 4 rings (SSSR count). The number of rotatable bonds is 13. The van der Waals surface area contributed by atoms with Crippen molar-refractivity contribution in [3.05, 3.63) is 53.6 Å². The second-order valence-electron chi connectivity index (χ2n) is 13.0. The van der Waals surface area contributed by atoms with Crippen LogP contribution in [0.1, 0.15) is 52.8 Å². The number of likely N-dealkylation sites (N-methyl/N-ethyl adjacent to an activating group) is 1. The number of pyridine rings is 1. The van der Waals surface area contributed by atoms with E-state index in [1.165, 1.54) is 12.3 Å². The predicted molar refractivity (Wildman–Crippen MR) is 170 cm³/mol. The largest absolute Gasteiger partial charge is 0.488 e. The van der Waals surface area contributed by atoms with Crippen molar-refractivity contribution in [2.24, 2.45) is 5.73 Å². The Bertz CT molecular complexity index is 1220. The van der Waals surface area contributed by atoms with E-state index in [0.717, 1.165) is 39.3 Å². The molecule has 244 valence electrons. The topological polar surface area (TPSA) is 96.6 Å². The van der Waals surface area contributed by atoms with Crippen molar-refractivity contribution in [1.82, 2.24) is 19.7 Å². The Morgan fingerprint density at radius 2 is 1.68 bits per heavy atom. The van der Waals surface area contributed by atoms with Gasteiger partial charge in [0, 0.05) is 64.6 Å². The van der Waals surface area contributed by atoms with Crippen LogP contribution in [-0.4, -0.2) is 110 Å². The van der Waals surface area contributed by atoms with Gasteiger partial charge in [-0.05, 0) is 66.3 Å². The van der Waals surface area contributed by atoms with Crippen LogP contribution in [0, 0.1) is 5.82 Å². The number of benzene rings is 1. The van der Waals surface area contributed by atoms with Crippen molar-refractivity contribution in [3.8, 4) is 5.75 Å². The standard InChI is InChI=1S/C33H51FN6O4/c1-8-42-30(43-9-2)23-40(31(41)33(6,35)24-10-12-27(13-11-24)44-32(3,4)5)22-28-29(18-25(34)19-36-28)39-20-26(21-39)38-16-14-37(7)15-17-38/h10-13,18-19,26,30H,8-9,14-17,20-23,35H2,1-7H3/t33-/m0/s1. The van der Waals surface area contributed by atoms with Gasteiger partial charge in [0.05, 0.1) is 30.7 Å². The Morgan fingerprint density at radius 3 is 2.25 bits per heavy atom. The quantitative estimate of drug-likeness (QED) is 0.341. The lowest BCUT2D eigenvalue weighted by Crippen LogP contribution is -2.63. The average Bonchev–Trinajstić information content (AvgIpc) is 2.93. The van der Waals surface area contributed by atoms with Gasteiger partial charge >= 0.3 is 0 Å². The molecule has 0 radical (unpaired) electrons. The Balaban J connectivity index is 1.57. The van der Waals surface area contributed by atoms with E-state index in [0.29, 0.717) is 41.9 Å². The number of carbonyl (C=O) groups excluding carboxylic acids is 1. The third kappa shape index (κ3) is 8.66. The van der Waals surface area contributed by atoms with Crippen molar-refractivity contribution in [2.75, 3.05) is 71.0 Å². The lowest BCUT2D eigenvalue weighted by atomic mass is 9.91. The zero-order valence-corrected chi connectivity index (χ0v) is 27.5. The minimum atomic E-state index is -1.37. The van der Waals surface area contributed by atoms with Gasteiger partial charge in [-0.25, -0.2) is 4.39 Å². The minimum Gasteiger partial charge on any atom is -0.488 e. The second-order valence-corrected chi connectivity index (χ2v) is 13.0. The number of amides is 1. The monoisotopic (exact) mass is 614 g/mol. The molecule has 1 aromatic carbocycles. The number of halogens is 1. The minimum absolute atomic E-state index is 0.124. The molecule has 44 heavy (non-hydrogen) atoms. The number of piperazine rings is 1. The van der Waals surface area contributed by atoms with Crippen LogP contribution in [0.4, 0.5) is 10.1 Å². The van der Waals surface area contributed by atoms with Crippen LogP contribution in [-0.2, 0) is 26.4 Å². The van der Waals surface area contributed by atoms with Crippen molar-refractivity contribution >= 4 is 11.6 Å². The van der Waals surface area contributed by atoms with E-state index < -0.39 is 17.6 Å². The maximum Gasteiger partial charge on any atom is 0.247 e. The molecule has 2 saturated heterocycles. The van der Waals surface area contributed by atoms with Crippen LogP contribution in [0.15, 0.2) is 36.5 Å². The highest BCUT2D eigenvalue weighted by Crippen LogP contribution is 2.31. The number of hydrogen-bond acceptors (Lipinski definition) is 9. The predicted octanol–water partition coefficient (Wildman–Crippen LogP) is 3.44. The summed E-state index contributed by atoms with van der Waals surface area (Å²) in [4.78, 5) is 27.4. The fourth-order valence-electron chi connectivity index (χ4n) is 5.70. The Morgan fingerprint density at radius 1 is 1.07 bits per heavy atom. The number of hydrogen-bond donors (Lipinski definition) is 1. The third-order valence-electron chi connectivity index (χ3n) is 8.20. The van der Waals surface area contributed by atoms with Gasteiger partial charge in [-0.2, -0.15) is 0 Å². The molecule has 0 saturated carbocycles. The van der Waals surface area contributed by atoms with Crippen LogP contribution in [0.25, 0.3) is 0 Å². The summed E-state index contributed by atoms with van der Waals surface area (Å²) in [5.74, 6) is -0.0338. The zero-order valence-electron chi connectivity index (χ0n) is 27.5. The van der Waals surface area contributed by atoms with Crippen molar-refractivity contribution in [1.29, 1.82) is 0 Å². The Kier molecular flexibility index (Phi) is 11.2. The van der Waals surface area contributed by atoms with Crippen LogP contribution in [0.5, 0.6) is 5.75 Å². The van der Waals surface area contributed by atoms with Crippen molar-refractivity contribution in [3.63, 3.8) is 0 Å². The van der Waals surface area contributed by atoms with E-state index in [1.807, 2.05) is 58.9 Å². The van der Waals surface area contributed by atoms with E-state index in [-0.39, 0.29) is 24.6 Å². The van der Waals surface area contributed by atoms with Gasteiger partial charge in [0.15, 0.2) is 6.29 Å². The van der Waals surface area contributed by atoms with Gasteiger partial charge in [0.1, 0.15) is 22.7 Å². The van der Waals surface area contributed by atoms with E-state index in [4.69, 9.17) is 19.9 Å². The molecule has 1 amide bonds. The van der Waals surface area contributed by atoms with Gasteiger partial charge in [-0.3, -0.25) is 14.7 Å². The number of ether oxygens (including phenoxy) is 3. The molecular weight excluding hydrogens is 563 g/mol. The molecule has 11 heteroatoms. The Hall–Kier alpha value is -2.83. The summed E-state index contributed by atoms with van der Waals surface area (Å²) in [6.07, 6.45) is 0.555. The summed E-state index contributed by atoms with van der Waals surface area (Å²) >= 11 is 0. The van der Waals surface area contributed by atoms with E-state index in [2.05, 4.69) is 26.7 Å². The molecule has 0 unspecified atom stereocenters. The molecule has 2 fully saturated rings. The lowest BCUT2D eigenvalue weighted by molar-refractivity contribution is -0.162. The van der Waals surface area contributed by atoms with E-state index in [1.54, 1.807) is 11.8 Å². The highest BCUT2D eigenvalue weighted by molar-refractivity contribution is 5.87. The van der Waals surface area contributed by atoms with Gasteiger partial charge in [-0.1, -0.05) is 12.1 Å². The van der Waals surface area contributed by atoms with Gasteiger partial charge in [0.2, 0.25) is 5.91 Å². The molecule has 0 spiro atoms. The maximum atomic E-state index is 14.6. The van der Waals surface area contributed by atoms with E-state index >= 15 is 0 Å². The fourth-order valence-corrected chi connectivity index (χ4v) is 5.70. The number of nitrogens with two attached hydrogens (primary N) is 1. The molecule has 2 N–H and O–H groups in total. The molecule has 2 aromatic rings. The third-order valence-corrected chi connectivity index (χ3v) is 8.20. The van der Waals surface area contributed by atoms with Crippen molar-refractivity contribution in [2.45, 2.75) is 71.6 Å². The number of anilines is 1. The second kappa shape index (κ2) is 14.5. The first-order chi connectivity index (χ1) is 20.8. The summed E-state index contributed by atoms with van der Waals surface area (Å²) in [6, 6.07) is 9.22. The van der Waals surface area contributed by atoms with Crippen LogP contribution in [0.2, 0.25) is 0 Å². The molecule has 1 aromatic heterocycles. The maximum absolute atomic E-state index is 14.6. The molecule has 0 bridgehead atoms.